The van der Waals surface area contributed by atoms with E-state index in [9.17, 15) is 0 Å². The number of nitrogens with one attached hydrogen (secondary N) is 1. The van der Waals surface area contributed by atoms with Crippen molar-refractivity contribution >= 4 is 11.0 Å². The van der Waals surface area contributed by atoms with Crippen molar-refractivity contribution in [3.8, 4) is 11.5 Å². The Balaban J connectivity index is 0.000000168. The number of ether oxygens (including phenoxy) is 2. The van der Waals surface area contributed by atoms with E-state index in [1.54, 1.807) is 28.5 Å². The van der Waals surface area contributed by atoms with Gasteiger partial charge < -0.3 is 18.9 Å². The minimum atomic E-state index is 0. The van der Waals surface area contributed by atoms with Crippen molar-refractivity contribution in [3.63, 3.8) is 0 Å². The van der Waals surface area contributed by atoms with Crippen LogP contribution in [-0.2, 0) is 32.1 Å². The second-order valence-electron chi connectivity index (χ2n) is 18.8. The number of fused-ring (bicyclic) bond motifs is 4. The Morgan fingerprint density at radius 3 is 1.79 bits per heavy atom. The van der Waals surface area contributed by atoms with Gasteiger partial charge in [0, 0.05) is 12.8 Å². The third kappa shape index (κ3) is 15.3. The molecule has 0 radical (unpaired) electrons. The van der Waals surface area contributed by atoms with Crippen LogP contribution in [0.5, 0.6) is 11.5 Å². The van der Waals surface area contributed by atoms with Crippen LogP contribution in [0.3, 0.4) is 0 Å². The number of furan rings is 1. The van der Waals surface area contributed by atoms with Crippen LogP contribution in [-0.4, -0.2) is 16.8 Å². The maximum atomic E-state index is 5.30. The first kappa shape index (κ1) is 48.9. The van der Waals surface area contributed by atoms with E-state index in [2.05, 4.69) is 146 Å². The second kappa shape index (κ2) is 24.6. The fourth-order valence-electron chi connectivity index (χ4n) is 8.63. The van der Waals surface area contributed by atoms with Gasteiger partial charge in [0.2, 0.25) is 6.79 Å². The van der Waals surface area contributed by atoms with Gasteiger partial charge in [-0.15, -0.1) is 0 Å². The molecule has 1 N–H and O–H groups in total. The van der Waals surface area contributed by atoms with Crippen LogP contribution in [0.25, 0.3) is 11.0 Å². The Labute approximate surface area is 370 Å². The first-order chi connectivity index (χ1) is 28.9. The summed E-state index contributed by atoms with van der Waals surface area (Å²) in [4.78, 5) is 7.81. The van der Waals surface area contributed by atoms with Gasteiger partial charge in [0.05, 0.1) is 17.3 Å². The molecule has 0 spiro atoms. The summed E-state index contributed by atoms with van der Waals surface area (Å²) < 4.78 is 15.7. The van der Waals surface area contributed by atoms with Crippen molar-refractivity contribution in [2.24, 2.45) is 29.6 Å². The average molecular weight is 827 g/mol. The standard InChI is InChI=1S/C13H18.C12H16.C11H14N2.C11H14O2.C8H12O.CH4/c1-10(2)12-9-5-7-11-6-3-4-8-13(11)12;1-9(2)11-8-7-10-5-3-4-6-12(10)11;1-8(2)7-11-12-9-5-3-4-6-10(9)13-11;1-8(2)5-9-3-4-10-11(6-9)13-7-12-10;1-7(2)6-8-4-3-5-9-8;/h3-4,6,8,10,12H,5,7,9H2,1-2H3;3-6,9,11H,7-8H2,1-2H3;3-6,8H,7H2,1-2H3,(H,12,13);3-4,6,8H,5,7H2,1-2H3;3-5,7H,6H2,1-2H3;1H4. The first-order valence-electron chi connectivity index (χ1n) is 22.9. The van der Waals surface area contributed by atoms with Crippen molar-refractivity contribution in [2.75, 3.05) is 6.79 Å². The third-order valence-corrected chi connectivity index (χ3v) is 11.5. The van der Waals surface area contributed by atoms with Crippen molar-refractivity contribution < 1.29 is 13.9 Å². The number of aromatic amines is 1. The van der Waals surface area contributed by atoms with Gasteiger partial charge in [0.25, 0.3) is 0 Å². The lowest BCUT2D eigenvalue weighted by Crippen LogP contribution is -2.14. The number of hydrogen-bond donors (Lipinski definition) is 1. The molecule has 4 aromatic carbocycles. The molecular formula is C56H78N2O3. The highest BCUT2D eigenvalue weighted by atomic mass is 16.7. The van der Waals surface area contributed by atoms with E-state index < -0.39 is 0 Å². The molecule has 0 fully saturated rings. The number of para-hydroxylation sites is 2. The van der Waals surface area contributed by atoms with E-state index in [4.69, 9.17) is 13.9 Å². The van der Waals surface area contributed by atoms with Gasteiger partial charge in [-0.1, -0.05) is 143 Å². The maximum Gasteiger partial charge on any atom is 0.231 e. The number of imidazole rings is 1. The highest BCUT2D eigenvalue weighted by Crippen LogP contribution is 2.38. The van der Waals surface area contributed by atoms with Gasteiger partial charge in [-0.05, 0) is 144 Å². The van der Waals surface area contributed by atoms with E-state index in [1.165, 1.54) is 37.7 Å². The van der Waals surface area contributed by atoms with Gasteiger partial charge in [-0.3, -0.25) is 0 Å². The molecule has 1 aliphatic heterocycles. The SMILES string of the molecule is C.CC(C)C1CCCc2ccccc21.CC(C)C1CCc2ccccc21.CC(C)Cc1ccc2c(c1)OCO2.CC(C)Cc1ccco1.CC(C)Cc1nc2ccccc2[nH]1. The molecule has 2 aliphatic carbocycles. The summed E-state index contributed by atoms with van der Waals surface area (Å²) in [6.45, 7) is 22.9. The van der Waals surface area contributed by atoms with Crippen LogP contribution in [0.2, 0.25) is 0 Å². The molecule has 5 heteroatoms. The normalized spacial score (nSPS) is 15.7. The molecule has 5 nitrogen and oxygen atoms in total. The molecule has 2 aromatic heterocycles. The molecule has 0 saturated carbocycles. The van der Waals surface area contributed by atoms with Crippen molar-refractivity contribution in [3.05, 3.63) is 149 Å². The van der Waals surface area contributed by atoms with Crippen molar-refractivity contribution in [1.82, 2.24) is 9.97 Å². The van der Waals surface area contributed by atoms with Crippen molar-refractivity contribution in [2.45, 2.75) is 140 Å². The van der Waals surface area contributed by atoms with Crippen LogP contribution in [0.15, 0.2) is 114 Å². The lowest BCUT2D eigenvalue weighted by Gasteiger charge is -2.28. The van der Waals surface area contributed by atoms with Crippen LogP contribution >= 0.6 is 0 Å². The molecule has 6 aromatic rings. The van der Waals surface area contributed by atoms with Gasteiger partial charge in [0.1, 0.15) is 11.6 Å². The highest BCUT2D eigenvalue weighted by Gasteiger charge is 2.24. The van der Waals surface area contributed by atoms with E-state index in [1.807, 2.05) is 36.4 Å². The Morgan fingerprint density at radius 2 is 1.18 bits per heavy atom. The predicted molar refractivity (Wildman–Crippen MR) is 259 cm³/mol. The summed E-state index contributed by atoms with van der Waals surface area (Å²) in [6.07, 6.45) is 11.6. The number of hydrogen-bond acceptors (Lipinski definition) is 4. The van der Waals surface area contributed by atoms with Crippen LogP contribution in [0.1, 0.15) is 147 Å². The first-order valence-corrected chi connectivity index (χ1v) is 22.9. The Morgan fingerprint density at radius 1 is 0.590 bits per heavy atom. The number of aryl methyl sites for hydroxylation is 2. The second-order valence-corrected chi connectivity index (χ2v) is 18.8. The monoisotopic (exact) mass is 827 g/mol. The number of aromatic nitrogens is 2. The molecule has 0 saturated heterocycles. The maximum absolute atomic E-state index is 5.30. The summed E-state index contributed by atoms with van der Waals surface area (Å²) in [6, 6.07) is 36.1. The van der Waals surface area contributed by atoms with E-state index in [0.29, 0.717) is 24.5 Å². The number of H-pyrrole nitrogens is 1. The number of benzene rings is 4. The lowest BCUT2D eigenvalue weighted by molar-refractivity contribution is 0.174. The lowest BCUT2D eigenvalue weighted by atomic mass is 9.77. The van der Waals surface area contributed by atoms with Gasteiger partial charge in [0.15, 0.2) is 11.5 Å². The molecule has 0 bridgehead atoms. The smallest absolute Gasteiger partial charge is 0.231 e. The fraction of sp³-hybridized carbons (Fsp3) is 0.482. The zero-order valence-corrected chi connectivity index (χ0v) is 38.5. The zero-order chi connectivity index (χ0) is 43.0. The zero-order valence-electron chi connectivity index (χ0n) is 38.5. The summed E-state index contributed by atoms with van der Waals surface area (Å²) in [5.74, 6) is 9.19. The molecule has 2 atom stereocenters. The minimum absolute atomic E-state index is 0. The molecule has 61 heavy (non-hydrogen) atoms. The molecule has 330 valence electrons. The minimum Gasteiger partial charge on any atom is -0.469 e. The van der Waals surface area contributed by atoms with E-state index >= 15 is 0 Å². The van der Waals surface area contributed by atoms with E-state index in [-0.39, 0.29) is 7.43 Å². The predicted octanol–water partition coefficient (Wildman–Crippen LogP) is 15.6. The van der Waals surface area contributed by atoms with E-state index in [0.717, 1.165) is 77.1 Å². The Hall–Kier alpha value is -4.77. The van der Waals surface area contributed by atoms with Gasteiger partial charge in [-0.2, -0.15) is 0 Å². The molecule has 3 heterocycles. The Kier molecular flexibility index (Phi) is 19.7. The molecule has 2 unspecified atom stereocenters. The summed E-state index contributed by atoms with van der Waals surface area (Å²) in [7, 11) is 0. The quantitative estimate of drug-likeness (QED) is 0.166. The van der Waals surface area contributed by atoms with Gasteiger partial charge in [-0.25, -0.2) is 4.98 Å². The van der Waals surface area contributed by atoms with Crippen LogP contribution < -0.4 is 9.47 Å². The molecule has 0 amide bonds. The average Bonchev–Trinajstić information content (AvgIpc) is 4.05. The largest absolute Gasteiger partial charge is 0.469 e. The van der Waals surface area contributed by atoms with Crippen molar-refractivity contribution in [1.29, 1.82) is 0 Å². The number of rotatable bonds is 8. The fourth-order valence-corrected chi connectivity index (χ4v) is 8.63. The summed E-state index contributed by atoms with van der Waals surface area (Å²) in [5, 5.41) is 0. The van der Waals surface area contributed by atoms with Crippen LogP contribution in [0, 0.1) is 29.6 Å². The molecular weight excluding hydrogens is 749 g/mol. The van der Waals surface area contributed by atoms with Gasteiger partial charge >= 0.3 is 0 Å². The molecule has 3 aliphatic rings. The highest BCUT2D eigenvalue weighted by molar-refractivity contribution is 5.74. The number of nitrogens with zero attached hydrogens (tertiary/aromatic N) is 1. The van der Waals surface area contributed by atoms with Crippen LogP contribution in [0.4, 0.5) is 0 Å². The summed E-state index contributed by atoms with van der Waals surface area (Å²) >= 11 is 0. The molecule has 9 rings (SSSR count). The topological polar surface area (TPSA) is 60.3 Å². The third-order valence-electron chi connectivity index (χ3n) is 11.5. The Bertz CT molecular complexity index is 2090. The summed E-state index contributed by atoms with van der Waals surface area (Å²) in [5.41, 5.74) is 9.91.